The maximum Gasteiger partial charge on any atom is 0.358 e. The summed E-state index contributed by atoms with van der Waals surface area (Å²) in [5.74, 6) is -1.60. The summed E-state index contributed by atoms with van der Waals surface area (Å²) in [6, 6.07) is 3.35. The molecule has 0 radical (unpaired) electrons. The highest BCUT2D eigenvalue weighted by Gasteiger charge is 2.29. The maximum atomic E-state index is 15.3. The van der Waals surface area contributed by atoms with Gasteiger partial charge >= 0.3 is 5.97 Å². The standard InChI is InChI=1S/C20H23ClFN9O2/c1-10-6-30(7-11(2)29(10)3)16-4-12(22)15(31-8-14(20(32)33)27-28-31)5-13(16)26-19-17(23)18(21)24-9-25-19/h4-5,8-11H,6-7,23H2,1-3H3,(H,32,33)(H,24,25,26)/t10-,11+. The number of carbonyl (C=O) groups is 1. The molecule has 33 heavy (non-hydrogen) atoms. The lowest BCUT2D eigenvalue weighted by Crippen LogP contribution is -2.55. The zero-order valence-corrected chi connectivity index (χ0v) is 19.0. The molecular weight excluding hydrogens is 453 g/mol. The third-order valence-corrected chi connectivity index (χ3v) is 6.11. The Bertz CT molecular complexity index is 1190. The minimum Gasteiger partial charge on any atom is -0.476 e. The van der Waals surface area contributed by atoms with Crippen molar-refractivity contribution in [1.29, 1.82) is 0 Å². The summed E-state index contributed by atoms with van der Waals surface area (Å²) in [5, 5.41) is 19.7. The van der Waals surface area contributed by atoms with Crippen LogP contribution in [0.2, 0.25) is 5.15 Å². The predicted octanol–water partition coefficient (Wildman–Crippen LogP) is 2.40. The molecule has 3 heterocycles. The van der Waals surface area contributed by atoms with Crippen molar-refractivity contribution < 1.29 is 14.3 Å². The minimum absolute atomic E-state index is 0.00944. The van der Waals surface area contributed by atoms with Gasteiger partial charge < -0.3 is 21.1 Å². The Kier molecular flexibility index (Phi) is 6.04. The molecule has 4 rings (SSSR count). The first-order chi connectivity index (χ1) is 15.7. The second-order valence-corrected chi connectivity index (χ2v) is 8.35. The Morgan fingerprint density at radius 2 is 1.94 bits per heavy atom. The third kappa shape index (κ3) is 4.39. The van der Waals surface area contributed by atoms with E-state index in [0.29, 0.717) is 24.5 Å². The Morgan fingerprint density at radius 1 is 1.24 bits per heavy atom. The number of nitrogens with zero attached hydrogens (tertiary/aromatic N) is 7. The van der Waals surface area contributed by atoms with Gasteiger partial charge in [-0.1, -0.05) is 16.8 Å². The zero-order chi connectivity index (χ0) is 23.9. The molecule has 0 aliphatic carbocycles. The summed E-state index contributed by atoms with van der Waals surface area (Å²) in [5.41, 5.74) is 6.96. The van der Waals surface area contributed by atoms with E-state index >= 15 is 4.39 Å². The van der Waals surface area contributed by atoms with Crippen molar-refractivity contribution in [2.45, 2.75) is 25.9 Å². The van der Waals surface area contributed by atoms with Crippen LogP contribution in [0.1, 0.15) is 24.3 Å². The van der Waals surface area contributed by atoms with E-state index in [-0.39, 0.29) is 40.1 Å². The van der Waals surface area contributed by atoms with Crippen LogP contribution in [0, 0.1) is 5.82 Å². The van der Waals surface area contributed by atoms with Gasteiger partial charge in [0.25, 0.3) is 0 Å². The Hall–Kier alpha value is -3.51. The third-order valence-electron chi connectivity index (χ3n) is 5.81. The molecule has 1 aliphatic heterocycles. The summed E-state index contributed by atoms with van der Waals surface area (Å²) in [6.45, 7) is 5.54. The van der Waals surface area contributed by atoms with Gasteiger partial charge in [-0.25, -0.2) is 23.8 Å². The van der Waals surface area contributed by atoms with Gasteiger partial charge in [0.15, 0.2) is 22.5 Å². The molecule has 1 aliphatic rings. The van der Waals surface area contributed by atoms with Crippen molar-refractivity contribution in [3.8, 4) is 5.69 Å². The van der Waals surface area contributed by atoms with E-state index in [1.54, 1.807) is 0 Å². The quantitative estimate of drug-likeness (QED) is 0.471. The highest BCUT2D eigenvalue weighted by Crippen LogP contribution is 2.36. The van der Waals surface area contributed by atoms with Crippen molar-refractivity contribution in [2.24, 2.45) is 0 Å². The van der Waals surface area contributed by atoms with Crippen LogP contribution in [0.5, 0.6) is 0 Å². The van der Waals surface area contributed by atoms with Gasteiger partial charge in [0, 0.05) is 31.2 Å². The number of nitrogens with two attached hydrogens (primary N) is 1. The predicted molar refractivity (Wildman–Crippen MR) is 122 cm³/mol. The van der Waals surface area contributed by atoms with Gasteiger partial charge in [-0.15, -0.1) is 5.10 Å². The molecule has 174 valence electrons. The monoisotopic (exact) mass is 475 g/mol. The average Bonchev–Trinajstić information content (AvgIpc) is 3.26. The smallest absolute Gasteiger partial charge is 0.358 e. The zero-order valence-electron chi connectivity index (χ0n) is 18.2. The van der Waals surface area contributed by atoms with Crippen molar-refractivity contribution in [1.82, 2.24) is 29.9 Å². The molecule has 3 aromatic rings. The van der Waals surface area contributed by atoms with E-state index in [1.807, 2.05) is 0 Å². The first kappa shape index (κ1) is 22.7. The molecule has 2 atom stereocenters. The first-order valence-corrected chi connectivity index (χ1v) is 10.5. The lowest BCUT2D eigenvalue weighted by molar-refractivity contribution is 0.0690. The molecule has 0 unspecified atom stereocenters. The van der Waals surface area contributed by atoms with Crippen LogP contribution >= 0.6 is 11.6 Å². The topological polar surface area (TPSA) is 138 Å². The fraction of sp³-hybridized carbons (Fsp3) is 0.350. The summed E-state index contributed by atoms with van der Waals surface area (Å²) >= 11 is 6.04. The van der Waals surface area contributed by atoms with Gasteiger partial charge in [-0.3, -0.25) is 4.90 Å². The molecule has 1 aromatic carbocycles. The molecule has 11 nitrogen and oxygen atoms in total. The van der Waals surface area contributed by atoms with Crippen LogP contribution in [-0.4, -0.2) is 73.2 Å². The van der Waals surface area contributed by atoms with Crippen molar-refractivity contribution in [3.63, 3.8) is 0 Å². The lowest BCUT2D eigenvalue weighted by Gasteiger charge is -2.44. The number of rotatable bonds is 5. The van der Waals surface area contributed by atoms with Gasteiger partial charge in [-0.05, 0) is 27.0 Å². The van der Waals surface area contributed by atoms with Gasteiger partial charge in [-0.2, -0.15) is 0 Å². The fourth-order valence-corrected chi connectivity index (χ4v) is 3.90. The molecular formula is C20H23ClFN9O2. The van der Waals surface area contributed by atoms with Crippen molar-refractivity contribution in [3.05, 3.63) is 41.3 Å². The number of aromatic carboxylic acids is 1. The number of piperazine rings is 1. The highest BCUT2D eigenvalue weighted by molar-refractivity contribution is 6.32. The molecule has 0 spiro atoms. The van der Waals surface area contributed by atoms with E-state index in [2.05, 4.69) is 56.3 Å². The molecule has 1 fully saturated rings. The molecule has 2 aromatic heterocycles. The van der Waals surface area contributed by atoms with Crippen molar-refractivity contribution in [2.75, 3.05) is 36.1 Å². The Morgan fingerprint density at radius 3 is 2.58 bits per heavy atom. The van der Waals surface area contributed by atoms with E-state index in [9.17, 15) is 4.79 Å². The van der Waals surface area contributed by atoms with Crippen LogP contribution < -0.4 is 16.0 Å². The highest BCUT2D eigenvalue weighted by atomic mass is 35.5. The number of aromatic nitrogens is 5. The number of carboxylic acid groups (broad SMARTS) is 1. The van der Waals surface area contributed by atoms with Crippen LogP contribution in [0.3, 0.4) is 0 Å². The number of carboxylic acids is 1. The van der Waals surface area contributed by atoms with E-state index in [4.69, 9.17) is 22.4 Å². The second-order valence-electron chi connectivity index (χ2n) is 7.99. The molecule has 1 saturated heterocycles. The van der Waals surface area contributed by atoms with E-state index in [1.165, 1.54) is 18.5 Å². The van der Waals surface area contributed by atoms with Crippen LogP contribution in [0.25, 0.3) is 5.69 Å². The summed E-state index contributed by atoms with van der Waals surface area (Å²) in [4.78, 5) is 23.5. The van der Waals surface area contributed by atoms with Gasteiger partial charge in [0.05, 0.1) is 17.6 Å². The summed E-state index contributed by atoms with van der Waals surface area (Å²) < 4.78 is 16.3. The second kappa shape index (κ2) is 8.79. The summed E-state index contributed by atoms with van der Waals surface area (Å²) in [7, 11) is 2.06. The number of benzene rings is 1. The van der Waals surface area contributed by atoms with Gasteiger partial charge in [0.1, 0.15) is 17.7 Å². The SMILES string of the molecule is C[C@@H]1CN(c2cc(F)c(-n3cc(C(=O)O)nn3)cc2Nc2ncnc(Cl)c2N)C[C@H](C)N1C. The number of likely N-dealkylation sites (N-methyl/N-ethyl adjacent to an activating group) is 1. The number of anilines is 4. The minimum atomic E-state index is -1.26. The lowest BCUT2D eigenvalue weighted by atomic mass is 10.1. The van der Waals surface area contributed by atoms with Crippen molar-refractivity contribution >= 4 is 40.5 Å². The molecule has 0 saturated carbocycles. The normalized spacial score (nSPS) is 19.0. The Balaban J connectivity index is 1.82. The van der Waals surface area contributed by atoms with Crippen LogP contribution in [0.15, 0.2) is 24.7 Å². The Labute approximate surface area is 194 Å². The number of hydrogen-bond acceptors (Lipinski definition) is 9. The maximum absolute atomic E-state index is 15.3. The number of hydrogen-bond donors (Lipinski definition) is 3. The van der Waals surface area contributed by atoms with E-state index in [0.717, 1.165) is 10.9 Å². The molecule has 13 heteroatoms. The molecule has 0 bridgehead atoms. The largest absolute Gasteiger partial charge is 0.476 e. The fourth-order valence-electron chi connectivity index (χ4n) is 3.77. The number of nitrogen functional groups attached to an aromatic ring is 1. The van der Waals surface area contributed by atoms with E-state index < -0.39 is 11.8 Å². The van der Waals surface area contributed by atoms with Crippen LogP contribution in [0.4, 0.5) is 27.3 Å². The average molecular weight is 476 g/mol. The molecule has 0 amide bonds. The first-order valence-electron chi connectivity index (χ1n) is 10.1. The number of nitrogens with one attached hydrogen (secondary N) is 1. The van der Waals surface area contributed by atoms with Crippen LogP contribution in [-0.2, 0) is 0 Å². The summed E-state index contributed by atoms with van der Waals surface area (Å²) in [6.07, 6.45) is 2.40. The molecule has 4 N–H and O–H groups in total. The number of halogens is 2. The van der Waals surface area contributed by atoms with Gasteiger partial charge in [0.2, 0.25) is 0 Å².